The average Bonchev–Trinajstić information content (AvgIpc) is 2.57. The average molecular weight is 269 g/mol. The van der Waals surface area contributed by atoms with Crippen LogP contribution in [0.5, 0.6) is 0 Å². The summed E-state index contributed by atoms with van der Waals surface area (Å²) in [7, 11) is -3.32. The highest BCUT2D eigenvalue weighted by Gasteiger charge is 2.34. The van der Waals surface area contributed by atoms with E-state index in [2.05, 4.69) is 0 Å². The monoisotopic (exact) mass is 269 g/mol. The van der Waals surface area contributed by atoms with Crippen molar-refractivity contribution in [1.82, 2.24) is 0 Å². The van der Waals surface area contributed by atoms with Gasteiger partial charge in [-0.05, 0) is 44.9 Å². The van der Waals surface area contributed by atoms with Crippen LogP contribution >= 0.6 is 0 Å². The molecule has 0 bridgehead atoms. The smallest absolute Gasteiger partial charge is 0.180 e. The Balaban J connectivity index is 2.14. The summed E-state index contributed by atoms with van der Waals surface area (Å²) < 4.78 is 30.2. The van der Waals surface area contributed by atoms with Crippen LogP contribution in [-0.4, -0.2) is 25.9 Å². The first-order valence-corrected chi connectivity index (χ1v) is 7.70. The van der Waals surface area contributed by atoms with Gasteiger partial charge >= 0.3 is 0 Å². The molecule has 18 heavy (non-hydrogen) atoms. The summed E-state index contributed by atoms with van der Waals surface area (Å²) in [5.41, 5.74) is 5.86. The van der Waals surface area contributed by atoms with Gasteiger partial charge in [0.1, 0.15) is 0 Å². The summed E-state index contributed by atoms with van der Waals surface area (Å²) in [6, 6.07) is 6.40. The Morgan fingerprint density at radius 2 is 2.17 bits per heavy atom. The number of nitrogens with two attached hydrogens (primary N) is 1. The van der Waals surface area contributed by atoms with Crippen LogP contribution in [0, 0.1) is 0 Å². The number of rotatable bonds is 3. The topological polar surface area (TPSA) is 69.4 Å². The lowest BCUT2D eigenvalue weighted by Gasteiger charge is -2.19. The summed E-state index contributed by atoms with van der Waals surface area (Å²) in [5, 5.41) is 0. The Bertz CT molecular complexity index is 537. The molecule has 0 aliphatic carbocycles. The molecule has 100 valence electrons. The molecule has 1 unspecified atom stereocenters. The SMILES string of the molecule is CC1(C)CCC(CS(=O)(=O)c2cccc(N)c2)O1. The zero-order valence-corrected chi connectivity index (χ0v) is 11.5. The molecular formula is C13H19NO3S. The lowest BCUT2D eigenvalue weighted by Crippen LogP contribution is -2.25. The number of ether oxygens (including phenoxy) is 1. The quantitative estimate of drug-likeness (QED) is 0.852. The van der Waals surface area contributed by atoms with Gasteiger partial charge in [0.25, 0.3) is 0 Å². The van der Waals surface area contributed by atoms with Crippen LogP contribution in [0.2, 0.25) is 0 Å². The molecule has 1 saturated heterocycles. The van der Waals surface area contributed by atoms with Gasteiger partial charge in [-0.25, -0.2) is 8.42 Å². The molecule has 2 N–H and O–H groups in total. The van der Waals surface area contributed by atoms with Crippen LogP contribution in [0.15, 0.2) is 29.2 Å². The molecule has 1 aliphatic rings. The van der Waals surface area contributed by atoms with Gasteiger partial charge in [-0.1, -0.05) is 6.07 Å². The molecule has 1 aromatic carbocycles. The van der Waals surface area contributed by atoms with E-state index < -0.39 is 9.84 Å². The van der Waals surface area contributed by atoms with Crippen molar-refractivity contribution < 1.29 is 13.2 Å². The van der Waals surface area contributed by atoms with Crippen LogP contribution < -0.4 is 5.73 Å². The van der Waals surface area contributed by atoms with Crippen molar-refractivity contribution in [1.29, 1.82) is 0 Å². The van der Waals surface area contributed by atoms with Gasteiger partial charge in [0.2, 0.25) is 0 Å². The van der Waals surface area contributed by atoms with Crippen molar-refractivity contribution in [2.45, 2.75) is 43.3 Å². The highest BCUT2D eigenvalue weighted by molar-refractivity contribution is 7.91. The molecule has 1 fully saturated rings. The Morgan fingerprint density at radius 3 is 2.72 bits per heavy atom. The summed E-state index contributed by atoms with van der Waals surface area (Å²) >= 11 is 0. The Morgan fingerprint density at radius 1 is 1.44 bits per heavy atom. The normalized spacial score (nSPS) is 23.1. The largest absolute Gasteiger partial charge is 0.399 e. The van der Waals surface area contributed by atoms with Gasteiger partial charge in [-0.2, -0.15) is 0 Å². The van der Waals surface area contributed by atoms with Gasteiger partial charge in [-0.15, -0.1) is 0 Å². The summed E-state index contributed by atoms with van der Waals surface area (Å²) in [6.07, 6.45) is 1.46. The maximum Gasteiger partial charge on any atom is 0.180 e. The lowest BCUT2D eigenvalue weighted by molar-refractivity contribution is -0.00527. The van der Waals surface area contributed by atoms with Crippen LogP contribution in [0.25, 0.3) is 0 Å². The molecule has 1 heterocycles. The first-order chi connectivity index (χ1) is 8.28. The molecule has 4 nitrogen and oxygen atoms in total. The van der Waals surface area contributed by atoms with E-state index in [4.69, 9.17) is 10.5 Å². The fraction of sp³-hybridized carbons (Fsp3) is 0.538. The number of sulfone groups is 1. The molecule has 0 spiro atoms. The summed E-state index contributed by atoms with van der Waals surface area (Å²) in [6.45, 7) is 3.97. The Kier molecular flexibility index (Phi) is 3.38. The van der Waals surface area contributed by atoms with E-state index in [0.717, 1.165) is 12.8 Å². The highest BCUT2D eigenvalue weighted by atomic mass is 32.2. The van der Waals surface area contributed by atoms with Crippen LogP contribution in [0.1, 0.15) is 26.7 Å². The van der Waals surface area contributed by atoms with E-state index in [1.165, 1.54) is 6.07 Å². The minimum Gasteiger partial charge on any atom is -0.399 e. The molecule has 0 saturated carbocycles. The molecule has 1 aromatic rings. The van der Waals surface area contributed by atoms with Crippen molar-refractivity contribution >= 4 is 15.5 Å². The van der Waals surface area contributed by atoms with Crippen molar-refractivity contribution in [3.63, 3.8) is 0 Å². The molecule has 0 aromatic heterocycles. The van der Waals surface area contributed by atoms with Gasteiger partial charge in [0, 0.05) is 5.69 Å². The molecule has 1 aliphatic heterocycles. The van der Waals surface area contributed by atoms with Crippen LogP contribution in [-0.2, 0) is 14.6 Å². The zero-order valence-electron chi connectivity index (χ0n) is 10.7. The maximum absolute atomic E-state index is 12.2. The standard InChI is InChI=1S/C13H19NO3S/c1-13(2)7-6-11(17-13)9-18(15,16)12-5-3-4-10(14)8-12/h3-5,8,11H,6-7,9,14H2,1-2H3. The second kappa shape index (κ2) is 4.55. The molecular weight excluding hydrogens is 250 g/mol. The van der Waals surface area contributed by atoms with Gasteiger partial charge in [0.15, 0.2) is 9.84 Å². The molecule has 2 rings (SSSR count). The van der Waals surface area contributed by atoms with Crippen molar-refractivity contribution in [2.24, 2.45) is 0 Å². The summed E-state index contributed by atoms with van der Waals surface area (Å²) in [5.74, 6) is 0.0277. The maximum atomic E-state index is 12.2. The second-order valence-electron chi connectivity index (χ2n) is 5.39. The summed E-state index contributed by atoms with van der Waals surface area (Å²) in [4.78, 5) is 0.274. The number of hydrogen-bond donors (Lipinski definition) is 1. The van der Waals surface area contributed by atoms with Crippen molar-refractivity contribution in [2.75, 3.05) is 11.5 Å². The van der Waals surface area contributed by atoms with Gasteiger partial charge in [-0.3, -0.25) is 0 Å². The molecule has 0 amide bonds. The fourth-order valence-electron chi connectivity index (χ4n) is 2.24. The number of anilines is 1. The van der Waals surface area contributed by atoms with E-state index in [9.17, 15) is 8.42 Å². The first-order valence-electron chi connectivity index (χ1n) is 6.05. The van der Waals surface area contributed by atoms with Crippen LogP contribution in [0.3, 0.4) is 0 Å². The first kappa shape index (κ1) is 13.4. The number of nitrogen functional groups attached to an aromatic ring is 1. The van der Waals surface area contributed by atoms with Crippen molar-refractivity contribution in [3.05, 3.63) is 24.3 Å². The Hall–Kier alpha value is -1.07. The van der Waals surface area contributed by atoms with Gasteiger partial charge in [0.05, 0.1) is 22.4 Å². The minimum atomic E-state index is -3.32. The third-order valence-corrected chi connectivity index (χ3v) is 4.96. The third kappa shape index (κ3) is 3.03. The van der Waals surface area contributed by atoms with Crippen molar-refractivity contribution in [3.8, 4) is 0 Å². The zero-order chi connectivity index (χ0) is 13.4. The van der Waals surface area contributed by atoms with E-state index in [0.29, 0.717) is 5.69 Å². The number of hydrogen-bond acceptors (Lipinski definition) is 4. The lowest BCUT2D eigenvalue weighted by atomic mass is 10.1. The molecule has 5 heteroatoms. The predicted molar refractivity (Wildman–Crippen MR) is 71.1 cm³/mol. The van der Waals surface area contributed by atoms with Crippen LogP contribution in [0.4, 0.5) is 5.69 Å². The van der Waals surface area contributed by atoms with E-state index >= 15 is 0 Å². The predicted octanol–water partition coefficient (Wildman–Crippen LogP) is 2.00. The molecule has 1 atom stereocenters. The van der Waals surface area contributed by atoms with E-state index in [1.807, 2.05) is 13.8 Å². The third-order valence-electron chi connectivity index (χ3n) is 3.18. The fourth-order valence-corrected chi connectivity index (χ4v) is 3.76. The van der Waals surface area contributed by atoms with E-state index in [1.54, 1.807) is 18.2 Å². The van der Waals surface area contributed by atoms with Gasteiger partial charge < -0.3 is 10.5 Å². The minimum absolute atomic E-state index is 0.0277. The molecule has 0 radical (unpaired) electrons. The number of benzene rings is 1. The second-order valence-corrected chi connectivity index (χ2v) is 7.43. The van der Waals surface area contributed by atoms with E-state index in [-0.39, 0.29) is 22.4 Å². The Labute approximate surface area is 108 Å². The highest BCUT2D eigenvalue weighted by Crippen LogP contribution is 2.31.